The minimum absolute atomic E-state index is 0.226. The topological polar surface area (TPSA) is 45.5 Å². The van der Waals surface area contributed by atoms with Crippen molar-refractivity contribution < 1.29 is 5.11 Å². The zero-order valence-electron chi connectivity index (χ0n) is 11.6. The first-order chi connectivity index (χ1) is 10.8. The monoisotopic (exact) mass is 304 g/mol. The van der Waals surface area contributed by atoms with E-state index < -0.39 is 0 Å². The molecule has 0 atom stereocenters. The van der Waals surface area contributed by atoms with E-state index in [4.69, 9.17) is 0 Å². The zero-order chi connectivity index (χ0) is 14.9. The van der Waals surface area contributed by atoms with Crippen LogP contribution in [-0.4, -0.2) is 16.3 Å². The number of para-hydroxylation sites is 1. The third-order valence-electron chi connectivity index (χ3n) is 3.53. The first-order valence-corrected chi connectivity index (χ1v) is 7.73. The van der Waals surface area contributed by atoms with Crippen LogP contribution in [0.4, 0.5) is 5.13 Å². The predicted octanol–water partition coefficient (Wildman–Crippen LogP) is 4.91. The van der Waals surface area contributed by atoms with E-state index in [0.29, 0.717) is 5.13 Å². The van der Waals surface area contributed by atoms with Gasteiger partial charge in [0.1, 0.15) is 5.75 Å². The van der Waals surface area contributed by atoms with Crippen LogP contribution in [-0.2, 0) is 0 Å². The summed E-state index contributed by atoms with van der Waals surface area (Å²) in [5.41, 5.74) is 1.67. The third kappa shape index (κ3) is 2.23. The molecule has 0 bridgehead atoms. The number of fused-ring (bicyclic) bond motifs is 2. The van der Waals surface area contributed by atoms with Crippen molar-refractivity contribution in [1.82, 2.24) is 4.98 Å². The first-order valence-electron chi connectivity index (χ1n) is 6.91. The Morgan fingerprint density at radius 3 is 2.68 bits per heavy atom. The Kier molecular flexibility index (Phi) is 3.09. The van der Waals surface area contributed by atoms with Gasteiger partial charge in [-0.25, -0.2) is 9.98 Å². The van der Waals surface area contributed by atoms with Gasteiger partial charge in [-0.15, -0.1) is 0 Å². The minimum atomic E-state index is 0.226. The molecule has 3 nitrogen and oxygen atoms in total. The second kappa shape index (κ2) is 5.24. The number of hydrogen-bond donors (Lipinski definition) is 1. The predicted molar refractivity (Wildman–Crippen MR) is 92.5 cm³/mol. The molecule has 106 valence electrons. The van der Waals surface area contributed by atoms with Crippen molar-refractivity contribution >= 4 is 43.7 Å². The Labute approximate surface area is 131 Å². The summed E-state index contributed by atoms with van der Waals surface area (Å²) in [6, 6.07) is 19.5. The molecule has 0 amide bonds. The average Bonchev–Trinajstić information content (AvgIpc) is 2.97. The summed E-state index contributed by atoms with van der Waals surface area (Å²) in [6.45, 7) is 0. The van der Waals surface area contributed by atoms with Gasteiger partial charge in [-0.2, -0.15) is 0 Å². The van der Waals surface area contributed by atoms with Gasteiger partial charge < -0.3 is 5.11 Å². The zero-order valence-corrected chi connectivity index (χ0v) is 12.4. The molecule has 0 radical (unpaired) electrons. The van der Waals surface area contributed by atoms with Gasteiger partial charge in [0.15, 0.2) is 0 Å². The van der Waals surface area contributed by atoms with Gasteiger partial charge >= 0.3 is 0 Å². The minimum Gasteiger partial charge on any atom is -0.507 e. The lowest BCUT2D eigenvalue weighted by molar-refractivity contribution is 0.475. The lowest BCUT2D eigenvalue weighted by Gasteiger charge is -2.03. The van der Waals surface area contributed by atoms with Crippen molar-refractivity contribution in [1.29, 1.82) is 0 Å². The number of phenols is 1. The van der Waals surface area contributed by atoms with Crippen LogP contribution in [0.25, 0.3) is 21.0 Å². The maximum Gasteiger partial charge on any atom is 0.210 e. The number of hydrogen-bond acceptors (Lipinski definition) is 4. The number of aromatic nitrogens is 1. The molecule has 0 aliphatic carbocycles. The molecule has 0 aliphatic rings. The van der Waals surface area contributed by atoms with Crippen LogP contribution in [0, 0.1) is 0 Å². The van der Waals surface area contributed by atoms with Crippen LogP contribution in [0.5, 0.6) is 5.75 Å². The van der Waals surface area contributed by atoms with Crippen LogP contribution >= 0.6 is 11.3 Å². The van der Waals surface area contributed by atoms with E-state index in [9.17, 15) is 5.11 Å². The van der Waals surface area contributed by atoms with Crippen LogP contribution in [0.15, 0.2) is 65.7 Å². The van der Waals surface area contributed by atoms with Crippen molar-refractivity contribution in [2.45, 2.75) is 0 Å². The second-order valence-electron chi connectivity index (χ2n) is 4.94. The average molecular weight is 304 g/mol. The number of phenolic OH excluding ortho intramolecular Hbond substituents is 1. The van der Waals surface area contributed by atoms with E-state index in [1.807, 2.05) is 54.6 Å². The highest BCUT2D eigenvalue weighted by molar-refractivity contribution is 7.22. The molecule has 0 saturated carbocycles. The fourth-order valence-corrected chi connectivity index (χ4v) is 3.27. The summed E-state index contributed by atoms with van der Waals surface area (Å²) in [4.78, 5) is 8.92. The Bertz CT molecular complexity index is 971. The number of aromatic hydroxyl groups is 1. The molecule has 0 aliphatic heterocycles. The van der Waals surface area contributed by atoms with Crippen molar-refractivity contribution in [3.63, 3.8) is 0 Å². The Morgan fingerprint density at radius 2 is 1.77 bits per heavy atom. The molecule has 0 saturated heterocycles. The van der Waals surface area contributed by atoms with E-state index in [0.717, 1.165) is 26.6 Å². The van der Waals surface area contributed by atoms with Crippen molar-refractivity contribution in [2.75, 3.05) is 0 Å². The largest absolute Gasteiger partial charge is 0.507 e. The smallest absolute Gasteiger partial charge is 0.210 e. The van der Waals surface area contributed by atoms with Crippen LogP contribution in [0.2, 0.25) is 0 Å². The molecule has 3 aromatic carbocycles. The Hall–Kier alpha value is -2.72. The van der Waals surface area contributed by atoms with E-state index >= 15 is 0 Å². The Balaban J connectivity index is 1.81. The highest BCUT2D eigenvalue weighted by atomic mass is 32.1. The summed E-state index contributed by atoms with van der Waals surface area (Å²) in [6.07, 6.45) is 1.69. The summed E-state index contributed by atoms with van der Waals surface area (Å²) < 4.78 is 1.11. The quantitative estimate of drug-likeness (QED) is 0.535. The molecule has 0 spiro atoms. The standard InChI is InChI=1S/C18H12N2OS/c21-16-10-9-12-5-1-2-6-13(12)14(16)11-19-18-20-15-7-3-4-8-17(15)22-18/h1-11,21H/b19-11+. The van der Waals surface area contributed by atoms with Crippen molar-refractivity contribution in [3.8, 4) is 5.75 Å². The van der Waals surface area contributed by atoms with Crippen molar-refractivity contribution in [3.05, 3.63) is 66.2 Å². The summed E-state index contributed by atoms with van der Waals surface area (Å²) in [5.74, 6) is 0.226. The fraction of sp³-hybridized carbons (Fsp3) is 0. The normalized spacial score (nSPS) is 11.6. The molecular formula is C18H12N2OS. The Morgan fingerprint density at radius 1 is 0.955 bits per heavy atom. The van der Waals surface area contributed by atoms with Gasteiger partial charge in [-0.1, -0.05) is 53.8 Å². The number of thiazole rings is 1. The SMILES string of the molecule is Oc1ccc2ccccc2c1/C=N/c1nc2ccccc2s1. The number of benzene rings is 3. The van der Waals surface area contributed by atoms with E-state index in [1.54, 1.807) is 12.3 Å². The highest BCUT2D eigenvalue weighted by Crippen LogP contribution is 2.29. The highest BCUT2D eigenvalue weighted by Gasteiger charge is 2.05. The van der Waals surface area contributed by atoms with Crippen LogP contribution in [0.3, 0.4) is 0 Å². The molecule has 4 aromatic rings. The molecule has 4 heteroatoms. The lowest BCUT2D eigenvalue weighted by atomic mass is 10.0. The van der Waals surface area contributed by atoms with E-state index in [2.05, 4.69) is 9.98 Å². The molecule has 1 aromatic heterocycles. The first kappa shape index (κ1) is 13.0. The summed E-state index contributed by atoms with van der Waals surface area (Å²) >= 11 is 1.54. The number of nitrogens with zero attached hydrogens (tertiary/aromatic N) is 2. The maximum atomic E-state index is 10.1. The van der Waals surface area contributed by atoms with Gasteiger partial charge in [0.05, 0.1) is 10.2 Å². The van der Waals surface area contributed by atoms with Crippen LogP contribution < -0.4 is 0 Å². The molecule has 4 rings (SSSR count). The summed E-state index contributed by atoms with van der Waals surface area (Å²) in [5, 5.41) is 12.9. The van der Waals surface area contributed by atoms with Crippen LogP contribution in [0.1, 0.15) is 5.56 Å². The van der Waals surface area contributed by atoms with Gasteiger partial charge in [0.2, 0.25) is 5.13 Å². The van der Waals surface area contributed by atoms with Gasteiger partial charge in [-0.3, -0.25) is 0 Å². The lowest BCUT2D eigenvalue weighted by Crippen LogP contribution is -1.85. The van der Waals surface area contributed by atoms with Crippen molar-refractivity contribution in [2.24, 2.45) is 4.99 Å². The number of rotatable bonds is 2. The van der Waals surface area contributed by atoms with Gasteiger partial charge in [0.25, 0.3) is 0 Å². The maximum absolute atomic E-state index is 10.1. The van der Waals surface area contributed by atoms with Gasteiger partial charge in [0, 0.05) is 11.8 Å². The van der Waals surface area contributed by atoms with Gasteiger partial charge in [-0.05, 0) is 29.0 Å². The number of aliphatic imine (C=N–C) groups is 1. The molecule has 22 heavy (non-hydrogen) atoms. The third-order valence-corrected chi connectivity index (χ3v) is 4.48. The molecule has 1 N–H and O–H groups in total. The molecular weight excluding hydrogens is 292 g/mol. The van der Waals surface area contributed by atoms with E-state index in [1.165, 1.54) is 11.3 Å². The molecule has 0 fully saturated rings. The summed E-state index contributed by atoms with van der Waals surface area (Å²) in [7, 11) is 0. The molecule has 1 heterocycles. The fourth-order valence-electron chi connectivity index (χ4n) is 2.45. The second-order valence-corrected chi connectivity index (χ2v) is 5.95. The molecule has 0 unspecified atom stereocenters. The van der Waals surface area contributed by atoms with E-state index in [-0.39, 0.29) is 5.75 Å².